The fourth-order valence-electron chi connectivity index (χ4n) is 2.95. The fourth-order valence-corrected chi connectivity index (χ4v) is 5.11. The van der Waals surface area contributed by atoms with Crippen molar-refractivity contribution in [3.63, 3.8) is 0 Å². The van der Waals surface area contributed by atoms with Gasteiger partial charge in [-0.3, -0.25) is 9.59 Å². The topological polar surface area (TPSA) is 107 Å². The first-order valence-electron chi connectivity index (χ1n) is 9.15. The van der Waals surface area contributed by atoms with Crippen molar-refractivity contribution in [2.75, 3.05) is 44.4 Å². The summed E-state index contributed by atoms with van der Waals surface area (Å²) >= 11 is 1.27. The van der Waals surface area contributed by atoms with Crippen LogP contribution in [0.5, 0.6) is 5.75 Å². The number of nitrogens with zero attached hydrogens (tertiary/aromatic N) is 3. The van der Waals surface area contributed by atoms with Crippen LogP contribution in [0.2, 0.25) is 0 Å². The molecule has 2 amide bonds. The molecule has 9 nitrogen and oxygen atoms in total. The second-order valence-corrected chi connectivity index (χ2v) is 9.61. The highest BCUT2D eigenvalue weighted by Gasteiger charge is 2.25. The largest absolute Gasteiger partial charge is 0.494 e. The number of carbonyl (C=O) groups excluding carboxylic acids is 2. The van der Waals surface area contributed by atoms with E-state index in [1.54, 1.807) is 11.6 Å². The van der Waals surface area contributed by atoms with E-state index in [4.69, 9.17) is 9.47 Å². The van der Waals surface area contributed by atoms with Crippen LogP contribution >= 0.6 is 11.3 Å². The van der Waals surface area contributed by atoms with Crippen LogP contribution in [0.25, 0.3) is 10.2 Å². The van der Waals surface area contributed by atoms with Gasteiger partial charge in [0.1, 0.15) is 17.3 Å². The standard InChI is InChI=1S/C18H23N3O6S2/c1-3-27-13-4-5-14-15(10-13)28-18(20(14)2)19-16(22)11-29(24,25)12-17(23)21-6-8-26-9-7-21/h4-5,10H,3,6-9,11-12H2,1-2H3. The zero-order valence-corrected chi connectivity index (χ0v) is 17.9. The first kappa shape index (κ1) is 21.5. The minimum atomic E-state index is -3.91. The molecule has 0 aliphatic carbocycles. The molecule has 1 aliphatic heterocycles. The number of hydrogen-bond donors (Lipinski definition) is 0. The van der Waals surface area contributed by atoms with E-state index in [1.165, 1.54) is 16.2 Å². The molecule has 2 aromatic rings. The molecule has 0 N–H and O–H groups in total. The first-order valence-corrected chi connectivity index (χ1v) is 11.8. The van der Waals surface area contributed by atoms with Gasteiger partial charge in [0.15, 0.2) is 14.6 Å². The van der Waals surface area contributed by atoms with Crippen molar-refractivity contribution in [3.8, 4) is 5.75 Å². The number of sulfone groups is 1. The summed E-state index contributed by atoms with van der Waals surface area (Å²) in [5, 5.41) is 0. The summed E-state index contributed by atoms with van der Waals surface area (Å²) in [6.07, 6.45) is 0. The monoisotopic (exact) mass is 441 g/mol. The molecular formula is C18H23N3O6S2. The predicted molar refractivity (Wildman–Crippen MR) is 109 cm³/mol. The van der Waals surface area contributed by atoms with Crippen LogP contribution in [0.4, 0.5) is 0 Å². The average molecular weight is 442 g/mol. The maximum atomic E-state index is 12.3. The van der Waals surface area contributed by atoms with E-state index < -0.39 is 33.2 Å². The van der Waals surface area contributed by atoms with Crippen molar-refractivity contribution >= 4 is 43.2 Å². The number of thiazole rings is 1. The molecular weight excluding hydrogens is 418 g/mol. The van der Waals surface area contributed by atoms with Gasteiger partial charge in [-0.25, -0.2) is 8.42 Å². The Hall–Kier alpha value is -2.24. The number of rotatable bonds is 6. The number of aryl methyl sites for hydroxylation is 1. The van der Waals surface area contributed by atoms with Gasteiger partial charge in [-0.2, -0.15) is 4.99 Å². The molecule has 1 saturated heterocycles. The van der Waals surface area contributed by atoms with E-state index in [-0.39, 0.29) is 0 Å². The maximum Gasteiger partial charge on any atom is 0.263 e. The van der Waals surface area contributed by atoms with Crippen LogP contribution in [0.1, 0.15) is 6.92 Å². The van der Waals surface area contributed by atoms with Gasteiger partial charge < -0.3 is 18.9 Å². The van der Waals surface area contributed by atoms with Gasteiger partial charge >= 0.3 is 0 Å². The molecule has 11 heteroatoms. The summed E-state index contributed by atoms with van der Waals surface area (Å²) in [5.41, 5.74) is 0.857. The summed E-state index contributed by atoms with van der Waals surface area (Å²) in [5.74, 6) is -2.11. The van der Waals surface area contributed by atoms with Crippen LogP contribution in [-0.2, 0) is 31.2 Å². The normalized spacial score (nSPS) is 15.7. The van der Waals surface area contributed by atoms with E-state index in [0.29, 0.717) is 43.5 Å². The Morgan fingerprint density at radius 2 is 1.97 bits per heavy atom. The molecule has 1 aromatic carbocycles. The maximum absolute atomic E-state index is 12.3. The molecule has 1 aliphatic rings. The highest BCUT2D eigenvalue weighted by molar-refractivity contribution is 7.92. The van der Waals surface area contributed by atoms with Crippen LogP contribution < -0.4 is 9.54 Å². The molecule has 1 aromatic heterocycles. The van der Waals surface area contributed by atoms with Crippen molar-refractivity contribution in [1.29, 1.82) is 0 Å². The number of aromatic nitrogens is 1. The zero-order valence-electron chi connectivity index (χ0n) is 16.3. The third-order valence-electron chi connectivity index (χ3n) is 4.36. The van der Waals surface area contributed by atoms with E-state index >= 15 is 0 Å². The van der Waals surface area contributed by atoms with Gasteiger partial charge in [0.2, 0.25) is 5.91 Å². The zero-order chi connectivity index (χ0) is 21.0. The van der Waals surface area contributed by atoms with Gasteiger partial charge in [-0.1, -0.05) is 11.3 Å². The first-order chi connectivity index (χ1) is 13.8. The van der Waals surface area contributed by atoms with Crippen molar-refractivity contribution in [2.45, 2.75) is 6.92 Å². The van der Waals surface area contributed by atoms with Gasteiger partial charge in [0.25, 0.3) is 5.91 Å². The Kier molecular flexibility index (Phi) is 6.70. The Labute approximate surface area is 172 Å². The number of fused-ring (bicyclic) bond motifs is 1. The van der Waals surface area contributed by atoms with Crippen LogP contribution in [-0.4, -0.2) is 74.1 Å². The van der Waals surface area contributed by atoms with E-state index in [9.17, 15) is 18.0 Å². The summed E-state index contributed by atoms with van der Waals surface area (Å²) in [6.45, 7) is 3.91. The van der Waals surface area contributed by atoms with Crippen LogP contribution in [0.15, 0.2) is 23.2 Å². The number of ether oxygens (including phenoxy) is 2. The number of hydrogen-bond acceptors (Lipinski definition) is 7. The highest BCUT2D eigenvalue weighted by atomic mass is 32.2. The summed E-state index contributed by atoms with van der Waals surface area (Å²) < 4.78 is 37.8. The van der Waals surface area contributed by atoms with E-state index in [0.717, 1.165) is 10.2 Å². The lowest BCUT2D eigenvalue weighted by Crippen LogP contribution is -2.43. The number of morpholine rings is 1. The lowest BCUT2D eigenvalue weighted by atomic mass is 10.3. The molecule has 1 fully saturated rings. The van der Waals surface area contributed by atoms with Gasteiger partial charge in [0, 0.05) is 20.1 Å². The van der Waals surface area contributed by atoms with Crippen molar-refractivity contribution in [2.24, 2.45) is 12.0 Å². The fraction of sp³-hybridized carbons (Fsp3) is 0.500. The lowest BCUT2D eigenvalue weighted by molar-refractivity contribution is -0.132. The van der Waals surface area contributed by atoms with Crippen molar-refractivity contribution in [1.82, 2.24) is 9.47 Å². The molecule has 2 heterocycles. The smallest absolute Gasteiger partial charge is 0.263 e. The number of benzene rings is 1. The summed E-state index contributed by atoms with van der Waals surface area (Å²) in [7, 11) is -2.15. The second-order valence-electron chi connectivity index (χ2n) is 6.54. The van der Waals surface area contributed by atoms with Gasteiger partial charge in [-0.15, -0.1) is 0 Å². The van der Waals surface area contributed by atoms with Crippen LogP contribution in [0, 0.1) is 0 Å². The second kappa shape index (κ2) is 9.06. The molecule has 0 radical (unpaired) electrons. The third-order valence-corrected chi connectivity index (χ3v) is 6.83. The Morgan fingerprint density at radius 1 is 1.24 bits per heavy atom. The molecule has 0 atom stereocenters. The molecule has 158 valence electrons. The molecule has 29 heavy (non-hydrogen) atoms. The number of carbonyl (C=O) groups is 2. The molecule has 0 saturated carbocycles. The predicted octanol–water partition coefficient (Wildman–Crippen LogP) is 0.339. The Balaban J connectivity index is 1.73. The lowest BCUT2D eigenvalue weighted by Gasteiger charge is -2.26. The van der Waals surface area contributed by atoms with Crippen LogP contribution in [0.3, 0.4) is 0 Å². The summed E-state index contributed by atoms with van der Waals surface area (Å²) in [4.78, 5) is 30.2. The van der Waals surface area contributed by atoms with Crippen molar-refractivity contribution < 1.29 is 27.5 Å². The molecule has 3 rings (SSSR count). The van der Waals surface area contributed by atoms with Crippen molar-refractivity contribution in [3.05, 3.63) is 23.0 Å². The quantitative estimate of drug-likeness (QED) is 0.640. The minimum absolute atomic E-state index is 0.355. The van der Waals surface area contributed by atoms with Gasteiger partial charge in [0.05, 0.1) is 30.0 Å². The Morgan fingerprint density at radius 3 is 2.66 bits per heavy atom. The van der Waals surface area contributed by atoms with E-state index in [1.807, 2.05) is 25.1 Å². The SMILES string of the molecule is CCOc1ccc2c(c1)sc(=NC(=O)CS(=O)(=O)CC(=O)N1CCOCC1)n2C. The molecule has 0 spiro atoms. The number of amides is 2. The minimum Gasteiger partial charge on any atom is -0.494 e. The highest BCUT2D eigenvalue weighted by Crippen LogP contribution is 2.22. The summed E-state index contributed by atoms with van der Waals surface area (Å²) in [6, 6.07) is 5.54. The third kappa shape index (κ3) is 5.43. The molecule has 0 unspecified atom stereocenters. The van der Waals surface area contributed by atoms with Gasteiger partial charge in [-0.05, 0) is 25.1 Å². The molecule has 0 bridgehead atoms. The Bertz CT molecular complexity index is 1080. The van der Waals surface area contributed by atoms with E-state index in [2.05, 4.69) is 4.99 Å². The average Bonchev–Trinajstić information content (AvgIpc) is 2.96.